The molecule has 3 N–H and O–H groups in total. The molecule has 1 fully saturated rings. The molecule has 2 aromatic carbocycles. The molecule has 0 spiro atoms. The fraction of sp³-hybridized carbons (Fsp3) is 0.480. The van der Waals surface area contributed by atoms with E-state index in [4.69, 9.17) is 15.2 Å². The van der Waals surface area contributed by atoms with Crippen molar-refractivity contribution >= 4 is 12.0 Å². The molecule has 0 bridgehead atoms. The molecule has 5 nitrogen and oxygen atoms in total. The van der Waals surface area contributed by atoms with E-state index in [0.717, 1.165) is 17.9 Å². The number of hydrogen-bond acceptors (Lipinski definition) is 5. The first-order valence-electron chi connectivity index (χ1n) is 10.8. The molecule has 0 unspecified atom stereocenters. The number of ether oxygens (including phenoxy) is 2. The average molecular weight is 415 g/mol. The lowest BCUT2D eigenvalue weighted by molar-refractivity contribution is 0.112. The Morgan fingerprint density at radius 2 is 1.67 bits per heavy atom. The Labute approximate surface area is 182 Å². The summed E-state index contributed by atoms with van der Waals surface area (Å²) in [5.74, 6) is 1.95. The molecule has 0 radical (unpaired) electrons. The summed E-state index contributed by atoms with van der Waals surface area (Å²) in [5.41, 5.74) is 9.69. The Morgan fingerprint density at radius 1 is 1.03 bits per heavy atom. The van der Waals surface area contributed by atoms with E-state index in [1.54, 1.807) is 26.3 Å². The Kier molecular flexibility index (Phi) is 12.3. The van der Waals surface area contributed by atoms with Crippen LogP contribution in [0.1, 0.15) is 73.4 Å². The number of benzene rings is 2. The topological polar surface area (TPSA) is 73.6 Å². The second kappa shape index (κ2) is 14.5. The highest BCUT2D eigenvalue weighted by Gasteiger charge is 2.15. The molecular formula is C25H38N2O3. The summed E-state index contributed by atoms with van der Waals surface area (Å²) in [4.78, 5) is 10.7. The van der Waals surface area contributed by atoms with Crippen molar-refractivity contribution in [2.75, 3.05) is 26.6 Å². The molecule has 2 aromatic rings. The molecular weight excluding hydrogens is 376 g/mol. The predicted octanol–water partition coefficient (Wildman–Crippen LogP) is 5.78. The highest BCUT2D eigenvalue weighted by atomic mass is 16.5. The maximum Gasteiger partial charge on any atom is 0.162 e. The molecule has 0 saturated heterocycles. The van der Waals surface area contributed by atoms with Gasteiger partial charge in [0.15, 0.2) is 17.8 Å². The van der Waals surface area contributed by atoms with Gasteiger partial charge in [0.05, 0.1) is 14.2 Å². The van der Waals surface area contributed by atoms with Crippen LogP contribution >= 0.6 is 0 Å². The SMILES string of the molecule is CC.CNc1cc(OC)c(OC)cc1C=O.NCc1cccc(C2CCCCC2)c1. The molecule has 1 aliphatic rings. The summed E-state index contributed by atoms with van der Waals surface area (Å²) in [6.45, 7) is 4.67. The van der Waals surface area contributed by atoms with E-state index in [1.807, 2.05) is 13.8 Å². The first kappa shape index (κ1) is 25.5. The van der Waals surface area contributed by atoms with E-state index >= 15 is 0 Å². The minimum atomic E-state index is 0.546. The molecule has 0 amide bonds. The lowest BCUT2D eigenvalue weighted by atomic mass is 9.84. The third-order valence-electron chi connectivity index (χ3n) is 5.22. The van der Waals surface area contributed by atoms with Gasteiger partial charge in [0, 0.05) is 30.9 Å². The van der Waals surface area contributed by atoms with Crippen LogP contribution in [0, 0.1) is 0 Å². The van der Waals surface area contributed by atoms with Crippen molar-refractivity contribution in [3.63, 3.8) is 0 Å². The van der Waals surface area contributed by atoms with Crippen LogP contribution in [0.5, 0.6) is 11.5 Å². The molecule has 3 rings (SSSR count). The minimum absolute atomic E-state index is 0.546. The number of anilines is 1. The van der Waals surface area contributed by atoms with Crippen LogP contribution in [0.25, 0.3) is 0 Å². The highest BCUT2D eigenvalue weighted by Crippen LogP contribution is 2.33. The summed E-state index contributed by atoms with van der Waals surface area (Å²) in [7, 11) is 4.83. The third-order valence-corrected chi connectivity index (χ3v) is 5.22. The van der Waals surface area contributed by atoms with Gasteiger partial charge in [0.1, 0.15) is 0 Å². The highest BCUT2D eigenvalue weighted by molar-refractivity contribution is 5.86. The maximum atomic E-state index is 10.7. The third kappa shape index (κ3) is 7.38. The van der Waals surface area contributed by atoms with Crippen LogP contribution < -0.4 is 20.5 Å². The lowest BCUT2D eigenvalue weighted by Gasteiger charge is -2.22. The number of hydrogen-bond donors (Lipinski definition) is 2. The number of nitrogens with two attached hydrogens (primary N) is 1. The van der Waals surface area contributed by atoms with Gasteiger partial charge >= 0.3 is 0 Å². The first-order valence-corrected chi connectivity index (χ1v) is 10.8. The van der Waals surface area contributed by atoms with Gasteiger partial charge in [-0.15, -0.1) is 0 Å². The van der Waals surface area contributed by atoms with Gasteiger partial charge in [0.25, 0.3) is 0 Å². The van der Waals surface area contributed by atoms with Gasteiger partial charge in [-0.25, -0.2) is 0 Å². The van der Waals surface area contributed by atoms with Gasteiger partial charge < -0.3 is 20.5 Å². The van der Waals surface area contributed by atoms with Crippen LogP contribution in [0.4, 0.5) is 5.69 Å². The number of carbonyl (C=O) groups excluding carboxylic acids is 1. The van der Waals surface area contributed by atoms with E-state index in [2.05, 4.69) is 29.6 Å². The second-order valence-electron chi connectivity index (χ2n) is 6.95. The average Bonchev–Trinajstić information content (AvgIpc) is 2.85. The zero-order valence-corrected chi connectivity index (χ0v) is 19.2. The molecule has 166 valence electrons. The minimum Gasteiger partial charge on any atom is -0.493 e. The van der Waals surface area contributed by atoms with Gasteiger partial charge in [-0.2, -0.15) is 0 Å². The van der Waals surface area contributed by atoms with E-state index in [0.29, 0.717) is 23.6 Å². The van der Waals surface area contributed by atoms with Crippen LogP contribution in [0.3, 0.4) is 0 Å². The van der Waals surface area contributed by atoms with Crippen molar-refractivity contribution in [3.05, 3.63) is 53.1 Å². The van der Waals surface area contributed by atoms with E-state index < -0.39 is 0 Å². The first-order chi connectivity index (χ1) is 14.7. The Morgan fingerprint density at radius 3 is 2.20 bits per heavy atom. The largest absolute Gasteiger partial charge is 0.493 e. The second-order valence-corrected chi connectivity index (χ2v) is 6.95. The van der Waals surface area contributed by atoms with Crippen LogP contribution in [0.2, 0.25) is 0 Å². The standard InChI is InChI=1S/C13H19N.C10H13NO3.C2H6/c14-10-11-5-4-8-13(9-11)12-6-2-1-3-7-12;1-11-8-5-10(14-3)9(13-2)4-7(8)6-12;1-2/h4-5,8-9,12H,1-3,6-7,10,14H2;4-6,11H,1-3H3;1-2H3. The summed E-state index contributed by atoms with van der Waals surface area (Å²) >= 11 is 0. The predicted molar refractivity (Wildman–Crippen MR) is 126 cm³/mol. The van der Waals surface area contributed by atoms with E-state index in [-0.39, 0.29) is 0 Å². The lowest BCUT2D eigenvalue weighted by Crippen LogP contribution is -2.05. The quantitative estimate of drug-likeness (QED) is 0.586. The molecule has 5 heteroatoms. The molecule has 1 aliphatic carbocycles. The fourth-order valence-corrected chi connectivity index (χ4v) is 3.62. The van der Waals surface area contributed by atoms with Gasteiger partial charge in [-0.1, -0.05) is 57.4 Å². The zero-order valence-electron chi connectivity index (χ0n) is 19.2. The van der Waals surface area contributed by atoms with Gasteiger partial charge in [-0.05, 0) is 36.0 Å². The molecule has 1 saturated carbocycles. The van der Waals surface area contributed by atoms with Crippen molar-refractivity contribution in [2.24, 2.45) is 5.73 Å². The number of methoxy groups -OCH3 is 2. The Bertz CT molecular complexity index is 756. The summed E-state index contributed by atoms with van der Waals surface area (Å²) in [6, 6.07) is 12.2. The van der Waals surface area contributed by atoms with Gasteiger partial charge in [0.2, 0.25) is 0 Å². The number of carbonyl (C=O) groups is 1. The Hall–Kier alpha value is -2.53. The summed E-state index contributed by atoms with van der Waals surface area (Å²) < 4.78 is 10.2. The molecule has 0 atom stereocenters. The smallest absolute Gasteiger partial charge is 0.162 e. The van der Waals surface area contributed by atoms with Crippen molar-refractivity contribution in [3.8, 4) is 11.5 Å². The van der Waals surface area contributed by atoms with Gasteiger partial charge in [-0.3, -0.25) is 4.79 Å². The summed E-state index contributed by atoms with van der Waals surface area (Å²) in [6.07, 6.45) is 7.73. The van der Waals surface area contributed by atoms with Crippen molar-refractivity contribution in [1.82, 2.24) is 0 Å². The molecule has 0 aliphatic heterocycles. The molecule has 30 heavy (non-hydrogen) atoms. The van der Waals surface area contributed by atoms with Crippen molar-refractivity contribution in [2.45, 2.75) is 58.4 Å². The Balaban J connectivity index is 0.000000277. The molecule has 0 heterocycles. The zero-order chi connectivity index (χ0) is 22.4. The summed E-state index contributed by atoms with van der Waals surface area (Å²) in [5, 5.41) is 2.91. The van der Waals surface area contributed by atoms with Crippen molar-refractivity contribution < 1.29 is 14.3 Å². The maximum absolute atomic E-state index is 10.7. The monoisotopic (exact) mass is 414 g/mol. The van der Waals surface area contributed by atoms with Crippen LogP contribution in [-0.2, 0) is 6.54 Å². The number of nitrogens with one attached hydrogen (secondary N) is 1. The number of aldehydes is 1. The molecule has 0 aromatic heterocycles. The number of rotatable bonds is 6. The van der Waals surface area contributed by atoms with E-state index in [9.17, 15) is 4.79 Å². The van der Waals surface area contributed by atoms with Crippen LogP contribution in [-0.4, -0.2) is 27.6 Å². The normalized spacial score (nSPS) is 13.1. The van der Waals surface area contributed by atoms with Crippen LogP contribution in [0.15, 0.2) is 36.4 Å². The van der Waals surface area contributed by atoms with E-state index in [1.165, 1.54) is 50.3 Å². The fourth-order valence-electron chi connectivity index (χ4n) is 3.62. The van der Waals surface area contributed by atoms with Crippen molar-refractivity contribution in [1.29, 1.82) is 0 Å².